The summed E-state index contributed by atoms with van der Waals surface area (Å²) in [7, 11) is -4.22. The first-order chi connectivity index (χ1) is 10.6. The first-order valence-electron chi connectivity index (χ1n) is 5.90. The zero-order valence-electron chi connectivity index (χ0n) is 11.1. The molecular weight excluding hydrogens is 345 g/mol. The Kier molecular flexibility index (Phi) is 4.46. The minimum Gasteiger partial charge on any atom is -0.406 e. The van der Waals surface area contributed by atoms with Crippen molar-refractivity contribution in [1.29, 1.82) is 0 Å². The molecule has 0 bridgehead atoms. The summed E-state index contributed by atoms with van der Waals surface area (Å²) in [5.41, 5.74) is -0.0794. The van der Waals surface area contributed by atoms with Gasteiger partial charge < -0.3 is 4.74 Å². The predicted octanol–water partition coefficient (Wildman–Crippen LogP) is 3.66. The van der Waals surface area contributed by atoms with Crippen LogP contribution in [0.5, 0.6) is 5.75 Å². The number of halogens is 5. The monoisotopic (exact) mass is 353 g/mol. The maximum Gasteiger partial charge on any atom is 0.573 e. The van der Waals surface area contributed by atoms with Gasteiger partial charge >= 0.3 is 6.36 Å². The molecule has 0 saturated carbocycles. The zero-order chi connectivity index (χ0) is 17.3. The Bertz CT molecular complexity index is 803. The van der Waals surface area contributed by atoms with Crippen LogP contribution < -0.4 is 9.46 Å². The highest BCUT2D eigenvalue weighted by Gasteiger charge is 2.31. The van der Waals surface area contributed by atoms with Gasteiger partial charge in [-0.15, -0.1) is 13.2 Å². The van der Waals surface area contributed by atoms with Gasteiger partial charge in [-0.2, -0.15) is 0 Å². The number of rotatable bonds is 4. The Labute approximate surface area is 127 Å². The fraction of sp³-hybridized carbons (Fsp3) is 0.0769. The van der Waals surface area contributed by atoms with Gasteiger partial charge in [-0.1, -0.05) is 0 Å². The van der Waals surface area contributed by atoms with Crippen LogP contribution in [0, 0.1) is 11.6 Å². The Morgan fingerprint density at radius 2 is 1.52 bits per heavy atom. The van der Waals surface area contributed by atoms with E-state index in [4.69, 9.17) is 0 Å². The summed E-state index contributed by atoms with van der Waals surface area (Å²) in [6.07, 6.45) is -4.87. The van der Waals surface area contributed by atoms with E-state index in [0.717, 1.165) is 30.3 Å². The summed E-state index contributed by atoms with van der Waals surface area (Å²) in [4.78, 5) is -0.535. The van der Waals surface area contributed by atoms with E-state index in [0.29, 0.717) is 12.1 Å². The van der Waals surface area contributed by atoms with Gasteiger partial charge in [-0.3, -0.25) is 4.72 Å². The highest BCUT2D eigenvalue weighted by molar-refractivity contribution is 7.92. The Balaban J connectivity index is 2.19. The fourth-order valence-electron chi connectivity index (χ4n) is 1.58. The number of hydrogen-bond acceptors (Lipinski definition) is 3. The van der Waals surface area contributed by atoms with Gasteiger partial charge in [0.1, 0.15) is 5.75 Å². The third-order valence-electron chi connectivity index (χ3n) is 2.54. The molecule has 0 fully saturated rings. The largest absolute Gasteiger partial charge is 0.573 e. The van der Waals surface area contributed by atoms with Gasteiger partial charge in [0.05, 0.1) is 4.90 Å². The normalized spacial score (nSPS) is 12.0. The average Bonchev–Trinajstić information content (AvgIpc) is 2.42. The molecule has 0 atom stereocenters. The smallest absolute Gasteiger partial charge is 0.406 e. The summed E-state index contributed by atoms with van der Waals surface area (Å²) in [6.45, 7) is 0. The molecule has 0 amide bonds. The Hall–Kier alpha value is -2.36. The minimum atomic E-state index is -4.87. The SMILES string of the molecule is O=S(=O)(Nc1ccc(OC(F)(F)F)cc1)c1ccc(F)c(F)c1. The van der Waals surface area contributed by atoms with Crippen LogP contribution in [-0.2, 0) is 10.0 Å². The maximum atomic E-state index is 13.1. The second-order valence-electron chi connectivity index (χ2n) is 4.25. The molecule has 0 aromatic heterocycles. The Morgan fingerprint density at radius 1 is 0.913 bits per heavy atom. The molecule has 0 unspecified atom stereocenters. The maximum absolute atomic E-state index is 13.1. The number of alkyl halides is 3. The zero-order valence-corrected chi connectivity index (χ0v) is 11.9. The van der Waals surface area contributed by atoms with Crippen LogP contribution in [0.3, 0.4) is 0 Å². The summed E-state index contributed by atoms with van der Waals surface area (Å²) < 4.78 is 91.5. The molecule has 0 aliphatic carbocycles. The van der Waals surface area contributed by atoms with Crippen LogP contribution in [0.15, 0.2) is 47.4 Å². The molecule has 0 aliphatic rings. The van der Waals surface area contributed by atoms with Crippen molar-refractivity contribution in [2.45, 2.75) is 11.3 Å². The van der Waals surface area contributed by atoms with Crippen LogP contribution >= 0.6 is 0 Å². The molecule has 4 nitrogen and oxygen atoms in total. The third-order valence-corrected chi connectivity index (χ3v) is 3.92. The number of sulfonamides is 1. The van der Waals surface area contributed by atoms with Gasteiger partial charge in [0.25, 0.3) is 10.0 Å². The van der Waals surface area contributed by atoms with Crippen LogP contribution in [0.2, 0.25) is 0 Å². The molecule has 0 spiro atoms. The molecule has 2 aromatic carbocycles. The van der Waals surface area contributed by atoms with Gasteiger partial charge in [-0.05, 0) is 42.5 Å². The van der Waals surface area contributed by atoms with E-state index in [1.807, 2.05) is 4.72 Å². The molecular formula is C13H8F5NO3S. The number of anilines is 1. The highest BCUT2D eigenvalue weighted by atomic mass is 32.2. The molecule has 1 N–H and O–H groups in total. The average molecular weight is 353 g/mol. The van der Waals surface area contributed by atoms with Gasteiger partial charge in [-0.25, -0.2) is 17.2 Å². The van der Waals surface area contributed by atoms with Crippen molar-refractivity contribution in [3.05, 3.63) is 54.1 Å². The topological polar surface area (TPSA) is 55.4 Å². The number of nitrogens with one attached hydrogen (secondary N) is 1. The van der Waals surface area contributed by atoms with E-state index in [9.17, 15) is 30.4 Å². The predicted molar refractivity (Wildman–Crippen MR) is 70.3 cm³/mol. The summed E-state index contributed by atoms with van der Waals surface area (Å²) in [5, 5.41) is 0. The van der Waals surface area contributed by atoms with E-state index >= 15 is 0 Å². The quantitative estimate of drug-likeness (QED) is 0.854. The second-order valence-corrected chi connectivity index (χ2v) is 5.94. The van der Waals surface area contributed by atoms with Gasteiger partial charge in [0.15, 0.2) is 11.6 Å². The Morgan fingerprint density at radius 3 is 2.04 bits per heavy atom. The molecule has 2 rings (SSSR count). The molecule has 0 heterocycles. The van der Waals surface area contributed by atoms with E-state index in [-0.39, 0.29) is 5.69 Å². The summed E-state index contributed by atoms with van der Waals surface area (Å²) in [5.74, 6) is -3.09. The van der Waals surface area contributed by atoms with Gasteiger partial charge in [0, 0.05) is 5.69 Å². The standard InChI is InChI=1S/C13H8F5NO3S/c14-11-6-5-10(7-12(11)15)23(20,21)19-8-1-3-9(4-2-8)22-13(16,17)18/h1-7,19H. The lowest BCUT2D eigenvalue weighted by Crippen LogP contribution is -2.17. The second kappa shape index (κ2) is 6.03. The van der Waals surface area contributed by atoms with Crippen molar-refractivity contribution in [3.63, 3.8) is 0 Å². The lowest BCUT2D eigenvalue weighted by Gasteiger charge is -2.11. The molecule has 0 radical (unpaired) electrons. The summed E-state index contributed by atoms with van der Waals surface area (Å²) >= 11 is 0. The summed E-state index contributed by atoms with van der Waals surface area (Å²) in [6, 6.07) is 5.83. The molecule has 23 heavy (non-hydrogen) atoms. The fourth-order valence-corrected chi connectivity index (χ4v) is 2.65. The molecule has 124 valence electrons. The number of benzene rings is 2. The van der Waals surface area contributed by atoms with E-state index < -0.39 is 38.7 Å². The first-order valence-corrected chi connectivity index (χ1v) is 7.39. The van der Waals surface area contributed by atoms with Crippen molar-refractivity contribution < 1.29 is 35.1 Å². The third kappa shape index (κ3) is 4.55. The lowest BCUT2D eigenvalue weighted by molar-refractivity contribution is -0.274. The lowest BCUT2D eigenvalue weighted by atomic mass is 10.3. The van der Waals surface area contributed by atoms with Crippen LogP contribution in [0.1, 0.15) is 0 Å². The van der Waals surface area contributed by atoms with E-state index in [2.05, 4.69) is 4.74 Å². The number of ether oxygens (including phenoxy) is 1. The van der Waals surface area contributed by atoms with Crippen LogP contribution in [0.4, 0.5) is 27.6 Å². The molecule has 0 aliphatic heterocycles. The highest BCUT2D eigenvalue weighted by Crippen LogP contribution is 2.25. The van der Waals surface area contributed by atoms with Crippen LogP contribution in [0.25, 0.3) is 0 Å². The van der Waals surface area contributed by atoms with Crippen molar-refractivity contribution in [1.82, 2.24) is 0 Å². The molecule has 2 aromatic rings. The van der Waals surface area contributed by atoms with Crippen molar-refractivity contribution >= 4 is 15.7 Å². The minimum absolute atomic E-state index is 0.0794. The van der Waals surface area contributed by atoms with Crippen molar-refractivity contribution in [2.75, 3.05) is 4.72 Å². The first kappa shape index (κ1) is 17.0. The molecule has 0 saturated heterocycles. The van der Waals surface area contributed by atoms with Crippen LogP contribution in [-0.4, -0.2) is 14.8 Å². The van der Waals surface area contributed by atoms with E-state index in [1.54, 1.807) is 0 Å². The molecule has 10 heteroatoms. The van der Waals surface area contributed by atoms with Crippen molar-refractivity contribution in [2.24, 2.45) is 0 Å². The van der Waals surface area contributed by atoms with Crippen molar-refractivity contribution in [3.8, 4) is 5.75 Å². The van der Waals surface area contributed by atoms with Gasteiger partial charge in [0.2, 0.25) is 0 Å². The van der Waals surface area contributed by atoms with E-state index in [1.165, 1.54) is 0 Å². The number of hydrogen-bond donors (Lipinski definition) is 1.